The third-order valence-corrected chi connectivity index (χ3v) is 6.43. The van der Waals surface area contributed by atoms with Gasteiger partial charge in [-0.2, -0.15) is 5.10 Å². The summed E-state index contributed by atoms with van der Waals surface area (Å²) in [6.07, 6.45) is 3.40. The van der Waals surface area contributed by atoms with Crippen molar-refractivity contribution in [1.82, 2.24) is 14.6 Å². The second-order valence-corrected chi connectivity index (χ2v) is 8.28. The average Bonchev–Trinajstić information content (AvgIpc) is 2.96. The molecule has 5 nitrogen and oxygen atoms in total. The van der Waals surface area contributed by atoms with Crippen LogP contribution in [0.2, 0.25) is 5.15 Å². The molecule has 3 rings (SSSR count). The number of aromatic nitrogens is 3. The number of halogens is 1. The molecule has 0 unspecified atom stereocenters. The minimum Gasteiger partial charge on any atom is -0.232 e. The Morgan fingerprint density at radius 2 is 1.96 bits per heavy atom. The lowest BCUT2D eigenvalue weighted by molar-refractivity contribution is 0.594. The van der Waals surface area contributed by atoms with Crippen molar-refractivity contribution in [2.75, 3.05) is 6.26 Å². The van der Waals surface area contributed by atoms with Gasteiger partial charge in [-0.15, -0.1) is 11.8 Å². The number of fused-ring (bicyclic) bond motifs is 1. The van der Waals surface area contributed by atoms with Gasteiger partial charge >= 0.3 is 0 Å². The zero-order valence-electron chi connectivity index (χ0n) is 13.2. The summed E-state index contributed by atoms with van der Waals surface area (Å²) in [6, 6.07) is 10.0. The smallest absolute Gasteiger partial charge is 0.213 e. The van der Waals surface area contributed by atoms with Crippen LogP contribution >= 0.6 is 23.4 Å². The normalized spacial score (nSPS) is 12.0. The van der Waals surface area contributed by atoms with Crippen LogP contribution < -0.4 is 0 Å². The van der Waals surface area contributed by atoms with E-state index in [1.807, 2.05) is 6.92 Å². The van der Waals surface area contributed by atoms with E-state index in [1.54, 1.807) is 42.7 Å². The zero-order chi connectivity index (χ0) is 17.3. The number of thioether (sulfide) groups is 1. The van der Waals surface area contributed by atoms with E-state index in [0.717, 1.165) is 18.5 Å². The summed E-state index contributed by atoms with van der Waals surface area (Å²) >= 11 is 7.55. The minimum atomic E-state index is -3.74. The van der Waals surface area contributed by atoms with E-state index in [2.05, 4.69) is 10.1 Å². The summed E-state index contributed by atoms with van der Waals surface area (Å²) in [6.45, 7) is 2.03. The van der Waals surface area contributed by atoms with Crippen LogP contribution in [0.1, 0.15) is 19.0 Å². The summed E-state index contributed by atoms with van der Waals surface area (Å²) in [5, 5.41) is 5.08. The molecule has 8 heteroatoms. The van der Waals surface area contributed by atoms with Crippen LogP contribution in [0.3, 0.4) is 0 Å². The number of benzene rings is 1. The molecule has 2 aromatic heterocycles. The number of hydrogen-bond donors (Lipinski definition) is 0. The maximum atomic E-state index is 13.1. The summed E-state index contributed by atoms with van der Waals surface area (Å²) in [7, 11) is -3.74. The van der Waals surface area contributed by atoms with Crippen LogP contribution in [-0.4, -0.2) is 29.3 Å². The Balaban J connectivity index is 2.34. The number of aryl methyl sites for hydroxylation is 1. The van der Waals surface area contributed by atoms with Crippen molar-refractivity contribution in [2.24, 2.45) is 0 Å². The minimum absolute atomic E-state index is 0.112. The second-order valence-electron chi connectivity index (χ2n) is 5.21. The molecule has 0 atom stereocenters. The quantitative estimate of drug-likeness (QED) is 0.495. The van der Waals surface area contributed by atoms with Crippen molar-refractivity contribution >= 4 is 38.8 Å². The largest absolute Gasteiger partial charge is 0.232 e. The molecule has 0 fully saturated rings. The van der Waals surface area contributed by atoms with Crippen molar-refractivity contribution in [2.45, 2.75) is 34.6 Å². The summed E-state index contributed by atoms with van der Waals surface area (Å²) in [5.74, 6) is 0. The molecular formula is C16H16ClN3O2S2. The third kappa shape index (κ3) is 2.92. The fourth-order valence-corrected chi connectivity index (χ4v) is 5.12. The summed E-state index contributed by atoms with van der Waals surface area (Å²) in [5.41, 5.74) is 1.03. The Morgan fingerprint density at radius 3 is 2.58 bits per heavy atom. The molecule has 126 valence electrons. The number of hydrogen-bond acceptors (Lipinski definition) is 5. The van der Waals surface area contributed by atoms with Crippen LogP contribution in [0.25, 0.3) is 5.65 Å². The molecule has 0 aliphatic rings. The van der Waals surface area contributed by atoms with Gasteiger partial charge in [0.05, 0.1) is 4.90 Å². The van der Waals surface area contributed by atoms with E-state index in [-0.39, 0.29) is 15.4 Å². The van der Waals surface area contributed by atoms with Gasteiger partial charge in [0.15, 0.2) is 10.5 Å². The molecule has 0 bridgehead atoms. The molecule has 0 spiro atoms. The second kappa shape index (κ2) is 6.74. The average molecular weight is 382 g/mol. The topological polar surface area (TPSA) is 64.3 Å². The van der Waals surface area contributed by atoms with Crippen LogP contribution in [0.5, 0.6) is 0 Å². The van der Waals surface area contributed by atoms with Crippen molar-refractivity contribution in [3.8, 4) is 0 Å². The van der Waals surface area contributed by atoms with Crippen molar-refractivity contribution < 1.29 is 8.42 Å². The predicted molar refractivity (Wildman–Crippen MR) is 95.7 cm³/mol. The number of sulfone groups is 1. The van der Waals surface area contributed by atoms with E-state index < -0.39 is 9.84 Å². The Bertz CT molecular complexity index is 985. The lowest BCUT2D eigenvalue weighted by Gasteiger charge is -2.05. The number of rotatable bonds is 5. The van der Waals surface area contributed by atoms with E-state index in [1.165, 1.54) is 16.3 Å². The highest BCUT2D eigenvalue weighted by Gasteiger charge is 2.29. The molecule has 1 aromatic carbocycles. The first-order valence-corrected chi connectivity index (χ1v) is 10.5. The van der Waals surface area contributed by atoms with Gasteiger partial charge in [0.2, 0.25) is 9.84 Å². The Morgan fingerprint density at radius 1 is 1.25 bits per heavy atom. The zero-order valence-corrected chi connectivity index (χ0v) is 15.6. The Labute approximate surface area is 150 Å². The van der Waals surface area contributed by atoms with E-state index >= 15 is 0 Å². The summed E-state index contributed by atoms with van der Waals surface area (Å²) < 4.78 is 27.6. The van der Waals surface area contributed by atoms with Gasteiger partial charge in [-0.1, -0.05) is 43.1 Å². The maximum absolute atomic E-state index is 13.1. The van der Waals surface area contributed by atoms with Gasteiger partial charge in [-0.25, -0.2) is 17.9 Å². The van der Waals surface area contributed by atoms with Crippen LogP contribution in [0.4, 0.5) is 0 Å². The van der Waals surface area contributed by atoms with Gasteiger partial charge in [0, 0.05) is 5.69 Å². The third-order valence-electron chi connectivity index (χ3n) is 3.55. The first-order chi connectivity index (χ1) is 11.5. The van der Waals surface area contributed by atoms with Gasteiger partial charge in [-0.05, 0) is 30.9 Å². The van der Waals surface area contributed by atoms with Gasteiger partial charge in [-0.3, -0.25) is 0 Å². The van der Waals surface area contributed by atoms with Crippen molar-refractivity contribution in [3.05, 3.63) is 47.2 Å². The maximum Gasteiger partial charge on any atom is 0.213 e. The molecule has 0 aliphatic heterocycles. The lowest BCUT2D eigenvalue weighted by atomic mass is 10.2. The first kappa shape index (κ1) is 17.3. The van der Waals surface area contributed by atoms with E-state index in [4.69, 9.17) is 11.6 Å². The molecule has 0 saturated heterocycles. The van der Waals surface area contributed by atoms with Crippen molar-refractivity contribution in [1.29, 1.82) is 0 Å². The molecule has 24 heavy (non-hydrogen) atoms. The monoisotopic (exact) mass is 381 g/mol. The molecule has 0 amide bonds. The Hall–Kier alpha value is -1.57. The number of nitrogens with zero attached hydrogens (tertiary/aromatic N) is 3. The predicted octanol–water partition coefficient (Wildman–Crippen LogP) is 3.89. The van der Waals surface area contributed by atoms with E-state index in [9.17, 15) is 8.42 Å². The van der Waals surface area contributed by atoms with Crippen LogP contribution in [0, 0.1) is 0 Å². The SMILES string of the molecule is CCCc1cc(Cl)n2nc(SC)c(S(=O)(=O)c3ccccc3)c2n1. The van der Waals surface area contributed by atoms with Crippen molar-refractivity contribution in [3.63, 3.8) is 0 Å². The molecule has 2 heterocycles. The molecular weight excluding hydrogens is 366 g/mol. The standard InChI is InChI=1S/C16H16ClN3O2S2/c1-3-7-11-10-13(17)20-15(18-11)14(16(19-20)23-2)24(21,22)12-8-5-4-6-9-12/h4-6,8-10H,3,7H2,1-2H3. The van der Waals surface area contributed by atoms with Gasteiger partial charge in [0.25, 0.3) is 0 Å². The highest BCUT2D eigenvalue weighted by atomic mass is 35.5. The molecule has 3 aromatic rings. The lowest BCUT2D eigenvalue weighted by Crippen LogP contribution is -2.05. The van der Waals surface area contributed by atoms with E-state index in [0.29, 0.717) is 10.2 Å². The van der Waals surface area contributed by atoms with Crippen LogP contribution in [-0.2, 0) is 16.3 Å². The summed E-state index contributed by atoms with van der Waals surface area (Å²) in [4.78, 5) is 4.84. The molecule has 0 saturated carbocycles. The molecule has 0 N–H and O–H groups in total. The van der Waals surface area contributed by atoms with Crippen LogP contribution in [0.15, 0.2) is 51.2 Å². The highest BCUT2D eigenvalue weighted by molar-refractivity contribution is 7.99. The fourth-order valence-electron chi connectivity index (χ4n) is 2.46. The fraction of sp³-hybridized carbons (Fsp3) is 0.250. The van der Waals surface area contributed by atoms with Gasteiger partial charge < -0.3 is 0 Å². The molecule has 0 aliphatic carbocycles. The first-order valence-electron chi connectivity index (χ1n) is 7.41. The Kier molecular flexibility index (Phi) is 4.85. The highest BCUT2D eigenvalue weighted by Crippen LogP contribution is 2.33. The van der Waals surface area contributed by atoms with Gasteiger partial charge in [0.1, 0.15) is 10.2 Å². The molecule has 0 radical (unpaired) electrons.